The molecule has 0 spiro atoms. The van der Waals surface area contributed by atoms with E-state index in [1.54, 1.807) is 0 Å². The second-order valence-electron chi connectivity index (χ2n) is 5.79. The molecule has 0 aliphatic carbocycles. The fourth-order valence-electron chi connectivity index (χ4n) is 2.90. The van der Waals surface area contributed by atoms with Crippen LogP contribution in [0.15, 0.2) is 60.7 Å². The summed E-state index contributed by atoms with van der Waals surface area (Å²) in [6, 6.07) is 20.2. The second-order valence-corrected chi connectivity index (χ2v) is 7.34. The van der Waals surface area contributed by atoms with Crippen molar-refractivity contribution in [1.29, 1.82) is 0 Å². The summed E-state index contributed by atoms with van der Waals surface area (Å²) in [5.74, 6) is 0.842. The van der Waals surface area contributed by atoms with Crippen LogP contribution < -0.4 is 0 Å². The van der Waals surface area contributed by atoms with Gasteiger partial charge < -0.3 is 0 Å². The van der Waals surface area contributed by atoms with Crippen molar-refractivity contribution < 1.29 is 0 Å². The zero-order chi connectivity index (χ0) is 16.8. The van der Waals surface area contributed by atoms with Gasteiger partial charge in [0, 0.05) is 5.02 Å². The van der Waals surface area contributed by atoms with E-state index in [2.05, 4.69) is 42.2 Å². The fraction of sp³-hybridized carbons (Fsp3) is 0. The Bertz CT molecular complexity index is 1210. The quantitative estimate of drug-likeness (QED) is 0.435. The average molecular weight is 410 g/mol. The van der Waals surface area contributed by atoms with E-state index in [4.69, 9.17) is 11.6 Å². The molecule has 0 amide bonds. The Morgan fingerprint density at radius 2 is 1.40 bits per heavy atom. The third kappa shape index (κ3) is 2.67. The van der Waals surface area contributed by atoms with E-state index in [0.29, 0.717) is 0 Å². The van der Waals surface area contributed by atoms with E-state index in [9.17, 15) is 0 Å². The van der Waals surface area contributed by atoms with E-state index in [1.807, 2.05) is 36.4 Å². The molecule has 0 aliphatic rings. The van der Waals surface area contributed by atoms with E-state index in [-0.39, 0.29) is 15.0 Å². The molecule has 2 heterocycles. The number of hydrogen-bond acceptors (Lipinski definition) is 3. The molecule has 3 aromatic carbocycles. The molecule has 0 unspecified atom stereocenters. The van der Waals surface area contributed by atoms with Crippen molar-refractivity contribution in [3.05, 3.63) is 65.7 Å². The molecule has 5 aromatic rings. The van der Waals surface area contributed by atoms with Crippen LogP contribution in [0.4, 0.5) is 0 Å². The van der Waals surface area contributed by atoms with E-state index in [1.165, 1.54) is 0 Å². The van der Waals surface area contributed by atoms with Gasteiger partial charge in [-0.3, -0.25) is 0 Å². The van der Waals surface area contributed by atoms with Crippen LogP contribution in [0.1, 0.15) is 0 Å². The fourth-order valence-corrected chi connectivity index (χ4v) is 4.11. The summed E-state index contributed by atoms with van der Waals surface area (Å²) in [7, 11) is 0. The number of aromatic amines is 1. The Labute approximate surface area is 154 Å². The molecule has 0 saturated carbocycles. The van der Waals surface area contributed by atoms with Gasteiger partial charge in [0.2, 0.25) is 0 Å². The van der Waals surface area contributed by atoms with Crippen molar-refractivity contribution in [2.45, 2.75) is 0 Å². The normalized spacial score (nSPS) is 11.4. The Kier molecular flexibility index (Phi) is 3.45. The zero-order valence-electron chi connectivity index (χ0n) is 12.9. The van der Waals surface area contributed by atoms with Gasteiger partial charge in [-0.25, -0.2) is 0 Å². The molecule has 0 radical (unpaired) electrons. The van der Waals surface area contributed by atoms with Crippen LogP contribution in [0.2, 0.25) is 5.02 Å². The molecule has 0 aliphatic heterocycles. The van der Waals surface area contributed by atoms with E-state index >= 15 is 0 Å². The van der Waals surface area contributed by atoms with Crippen molar-refractivity contribution in [3.63, 3.8) is 0 Å². The first kappa shape index (κ1) is 14.8. The Morgan fingerprint density at radius 3 is 2.24 bits per heavy atom. The maximum absolute atomic E-state index is 5.96. The van der Waals surface area contributed by atoms with Gasteiger partial charge in [0.15, 0.2) is 0 Å². The molecule has 120 valence electrons. The Morgan fingerprint density at radius 1 is 0.720 bits per heavy atom. The van der Waals surface area contributed by atoms with Crippen LogP contribution in [0.25, 0.3) is 44.6 Å². The van der Waals surface area contributed by atoms with Crippen molar-refractivity contribution in [2.75, 3.05) is 0 Å². The van der Waals surface area contributed by atoms with Gasteiger partial charge in [0.1, 0.15) is 0 Å². The summed E-state index contributed by atoms with van der Waals surface area (Å²) in [6.07, 6.45) is 0. The van der Waals surface area contributed by atoms with Crippen molar-refractivity contribution in [2.24, 2.45) is 0 Å². The number of nitrogens with one attached hydrogen (secondary N) is 1. The van der Waals surface area contributed by atoms with Crippen LogP contribution in [0, 0.1) is 0 Å². The maximum atomic E-state index is 5.96. The number of fused-ring (bicyclic) bond motifs is 2. The molecular formula is C19H11ClN4Se. The number of aromatic nitrogens is 4. The van der Waals surface area contributed by atoms with Crippen LogP contribution in [0.3, 0.4) is 0 Å². The van der Waals surface area contributed by atoms with E-state index in [0.717, 1.165) is 49.6 Å². The van der Waals surface area contributed by atoms with Crippen molar-refractivity contribution in [1.82, 2.24) is 17.9 Å². The molecular weight excluding hydrogens is 399 g/mol. The topological polar surface area (TPSA) is 54.5 Å². The number of rotatable bonds is 2. The van der Waals surface area contributed by atoms with Gasteiger partial charge in [0.05, 0.1) is 0 Å². The minimum absolute atomic E-state index is 0.00175. The van der Waals surface area contributed by atoms with Crippen LogP contribution in [-0.2, 0) is 0 Å². The van der Waals surface area contributed by atoms with Gasteiger partial charge in [-0.1, -0.05) is 11.6 Å². The third-order valence-electron chi connectivity index (χ3n) is 4.19. The molecule has 5 rings (SSSR count). The number of halogens is 1. The molecule has 1 N–H and O–H groups in total. The van der Waals surface area contributed by atoms with Gasteiger partial charge in [0.25, 0.3) is 0 Å². The van der Waals surface area contributed by atoms with Crippen molar-refractivity contribution >= 4 is 48.6 Å². The monoisotopic (exact) mass is 410 g/mol. The minimum atomic E-state index is 0.00175. The summed E-state index contributed by atoms with van der Waals surface area (Å²) in [4.78, 5) is 8.08. The summed E-state index contributed by atoms with van der Waals surface area (Å²) >= 11 is 5.96. The standard InChI is InChI=1S/C19H11ClN4Se/c20-14-5-1-11(2-6-14)19-21-15-7-3-12(9-17(15)22-19)13-4-8-16-18(10-13)24-25-23-16/h1-10H,(H,21,22). The first-order chi connectivity index (χ1) is 12.3. The molecule has 0 saturated heterocycles. The van der Waals surface area contributed by atoms with Gasteiger partial charge in [-0.2, -0.15) is 0 Å². The van der Waals surface area contributed by atoms with Gasteiger partial charge in [-0.05, 0) is 0 Å². The van der Waals surface area contributed by atoms with Crippen LogP contribution >= 0.6 is 11.6 Å². The number of imidazole rings is 1. The number of hydrogen-bond donors (Lipinski definition) is 1. The van der Waals surface area contributed by atoms with Gasteiger partial charge in [-0.15, -0.1) is 0 Å². The summed E-state index contributed by atoms with van der Waals surface area (Å²) in [5, 5.41) is 0.720. The number of H-pyrrole nitrogens is 1. The molecule has 0 atom stereocenters. The Hall–Kier alpha value is -2.46. The van der Waals surface area contributed by atoms with Crippen molar-refractivity contribution in [3.8, 4) is 22.5 Å². The molecule has 0 fully saturated rings. The first-order valence-corrected chi connectivity index (χ1v) is 9.66. The molecule has 6 heteroatoms. The molecule has 2 aromatic heterocycles. The van der Waals surface area contributed by atoms with E-state index < -0.39 is 0 Å². The average Bonchev–Trinajstić information content (AvgIpc) is 3.27. The second kappa shape index (κ2) is 5.81. The predicted molar refractivity (Wildman–Crippen MR) is 102 cm³/mol. The summed E-state index contributed by atoms with van der Waals surface area (Å²) < 4.78 is 8.86. The molecule has 25 heavy (non-hydrogen) atoms. The van der Waals surface area contributed by atoms with Crippen LogP contribution in [0.5, 0.6) is 0 Å². The SMILES string of the molecule is Clc1ccc(-c2nc3ccc(-c4ccc5n[se]nc5c4)cc3[nH]2)cc1. The Balaban J connectivity index is 1.60. The zero-order valence-corrected chi connectivity index (χ0v) is 15.4. The molecule has 4 nitrogen and oxygen atoms in total. The van der Waals surface area contributed by atoms with Gasteiger partial charge >= 0.3 is 138 Å². The third-order valence-corrected chi connectivity index (χ3v) is 5.61. The number of benzene rings is 3. The number of nitrogens with zero attached hydrogens (tertiary/aromatic N) is 3. The summed E-state index contributed by atoms with van der Waals surface area (Å²) in [6.45, 7) is 0. The summed E-state index contributed by atoms with van der Waals surface area (Å²) in [5.41, 5.74) is 7.23. The first-order valence-electron chi connectivity index (χ1n) is 7.75. The predicted octanol–water partition coefficient (Wildman–Crippen LogP) is 4.55. The molecule has 0 bridgehead atoms. The van der Waals surface area contributed by atoms with Crippen LogP contribution in [-0.4, -0.2) is 32.9 Å².